The zero-order valence-corrected chi connectivity index (χ0v) is 12.8. The highest BCUT2D eigenvalue weighted by atomic mass is 15.0. The van der Waals surface area contributed by atoms with Gasteiger partial charge in [0.25, 0.3) is 0 Å². The molecule has 106 valence electrons. The summed E-state index contributed by atoms with van der Waals surface area (Å²) >= 11 is 0. The van der Waals surface area contributed by atoms with E-state index in [2.05, 4.69) is 60.3 Å². The molecule has 0 bridgehead atoms. The maximum Gasteiger partial charge on any atom is 0.161 e. The predicted octanol–water partition coefficient (Wildman–Crippen LogP) is 4.26. The summed E-state index contributed by atoms with van der Waals surface area (Å²) < 4.78 is 0. The zero-order valence-electron chi connectivity index (χ0n) is 12.8. The molecule has 0 atom stereocenters. The molecule has 2 rings (SSSR count). The second-order valence-electron chi connectivity index (χ2n) is 5.34. The monoisotopic (exact) mass is 269 g/mol. The minimum Gasteiger partial charge on any atom is -0.373 e. The summed E-state index contributed by atoms with van der Waals surface area (Å²) in [4.78, 5) is 9.22. The number of hydrogen-bond donors (Lipinski definition) is 1. The fraction of sp³-hybridized carbons (Fsp3) is 0.412. The predicted molar refractivity (Wildman–Crippen MR) is 85.1 cm³/mol. The maximum atomic E-state index is 4.66. The Morgan fingerprint density at radius 2 is 1.80 bits per heavy atom. The molecule has 0 saturated heterocycles. The lowest BCUT2D eigenvalue weighted by atomic mass is 10.0. The van der Waals surface area contributed by atoms with Gasteiger partial charge in [0.1, 0.15) is 5.82 Å². The van der Waals surface area contributed by atoms with Crippen LogP contribution in [0.2, 0.25) is 0 Å². The third kappa shape index (κ3) is 3.35. The standard InChI is InChI=1S/C17H23N3/c1-5-6-15-11-16(18-4)20-17(19-15)14-9-7-13(8-10-14)12(2)3/h7-12H,5-6H2,1-4H3,(H,18,19,20). The van der Waals surface area contributed by atoms with Crippen molar-refractivity contribution in [3.05, 3.63) is 41.6 Å². The molecule has 1 aromatic heterocycles. The average molecular weight is 269 g/mol. The Balaban J connectivity index is 2.37. The normalized spacial score (nSPS) is 10.8. The molecule has 0 saturated carbocycles. The first-order valence-electron chi connectivity index (χ1n) is 7.30. The number of rotatable bonds is 5. The van der Waals surface area contributed by atoms with Crippen molar-refractivity contribution in [3.8, 4) is 11.4 Å². The van der Waals surface area contributed by atoms with Gasteiger partial charge in [-0.25, -0.2) is 9.97 Å². The molecule has 0 amide bonds. The van der Waals surface area contributed by atoms with Crippen molar-refractivity contribution in [2.75, 3.05) is 12.4 Å². The lowest BCUT2D eigenvalue weighted by molar-refractivity contribution is 0.865. The molecule has 0 aliphatic carbocycles. The lowest BCUT2D eigenvalue weighted by Crippen LogP contribution is -2.01. The Morgan fingerprint density at radius 3 is 2.35 bits per heavy atom. The van der Waals surface area contributed by atoms with Crippen molar-refractivity contribution in [2.45, 2.75) is 39.5 Å². The van der Waals surface area contributed by atoms with E-state index in [1.165, 1.54) is 5.56 Å². The topological polar surface area (TPSA) is 37.8 Å². The van der Waals surface area contributed by atoms with E-state index in [4.69, 9.17) is 0 Å². The third-order valence-electron chi connectivity index (χ3n) is 3.38. The first kappa shape index (κ1) is 14.5. The molecule has 0 unspecified atom stereocenters. The van der Waals surface area contributed by atoms with Crippen LogP contribution in [0.5, 0.6) is 0 Å². The minimum atomic E-state index is 0.546. The van der Waals surface area contributed by atoms with Gasteiger partial charge in [0.05, 0.1) is 0 Å². The third-order valence-corrected chi connectivity index (χ3v) is 3.38. The van der Waals surface area contributed by atoms with E-state index in [9.17, 15) is 0 Å². The quantitative estimate of drug-likeness (QED) is 0.881. The summed E-state index contributed by atoms with van der Waals surface area (Å²) in [5.41, 5.74) is 3.51. The zero-order chi connectivity index (χ0) is 14.5. The van der Waals surface area contributed by atoms with Gasteiger partial charge in [-0.1, -0.05) is 51.5 Å². The summed E-state index contributed by atoms with van der Waals surface area (Å²) in [5.74, 6) is 2.23. The van der Waals surface area contributed by atoms with Gasteiger partial charge in [-0.15, -0.1) is 0 Å². The first-order valence-corrected chi connectivity index (χ1v) is 7.30. The summed E-state index contributed by atoms with van der Waals surface area (Å²) in [7, 11) is 1.89. The molecule has 20 heavy (non-hydrogen) atoms. The molecule has 0 radical (unpaired) electrons. The minimum absolute atomic E-state index is 0.546. The number of nitrogens with one attached hydrogen (secondary N) is 1. The van der Waals surface area contributed by atoms with Gasteiger partial charge in [0.15, 0.2) is 5.82 Å². The van der Waals surface area contributed by atoms with Crippen LogP contribution in [0.1, 0.15) is 44.4 Å². The van der Waals surface area contributed by atoms with Crippen molar-refractivity contribution < 1.29 is 0 Å². The molecule has 1 aromatic carbocycles. The molecular weight excluding hydrogens is 246 g/mol. The summed E-state index contributed by atoms with van der Waals surface area (Å²) in [6.45, 7) is 6.57. The Hall–Kier alpha value is -1.90. The van der Waals surface area contributed by atoms with Gasteiger partial charge < -0.3 is 5.32 Å². The number of benzene rings is 1. The number of anilines is 1. The van der Waals surface area contributed by atoms with Crippen LogP contribution in [-0.4, -0.2) is 17.0 Å². The molecule has 2 aromatic rings. The van der Waals surface area contributed by atoms with Gasteiger partial charge in [-0.3, -0.25) is 0 Å². The summed E-state index contributed by atoms with van der Waals surface area (Å²) in [5, 5.41) is 3.11. The molecule has 0 aliphatic rings. The fourth-order valence-electron chi connectivity index (χ4n) is 2.16. The van der Waals surface area contributed by atoms with Crippen LogP contribution >= 0.6 is 0 Å². The van der Waals surface area contributed by atoms with Gasteiger partial charge in [0.2, 0.25) is 0 Å². The van der Waals surface area contributed by atoms with E-state index in [0.29, 0.717) is 5.92 Å². The van der Waals surface area contributed by atoms with E-state index in [1.807, 2.05) is 13.1 Å². The van der Waals surface area contributed by atoms with Crippen LogP contribution in [0, 0.1) is 0 Å². The van der Waals surface area contributed by atoms with Crippen molar-refractivity contribution >= 4 is 5.82 Å². The Morgan fingerprint density at radius 1 is 1.10 bits per heavy atom. The first-order chi connectivity index (χ1) is 9.63. The van der Waals surface area contributed by atoms with E-state index in [1.54, 1.807) is 0 Å². The summed E-state index contributed by atoms with van der Waals surface area (Å²) in [6.07, 6.45) is 2.07. The van der Waals surface area contributed by atoms with Crippen LogP contribution in [0.4, 0.5) is 5.82 Å². The molecule has 3 nitrogen and oxygen atoms in total. The Kier molecular flexibility index (Phi) is 4.72. The van der Waals surface area contributed by atoms with Gasteiger partial charge in [-0.05, 0) is 17.9 Å². The highest BCUT2D eigenvalue weighted by Gasteiger charge is 2.07. The highest BCUT2D eigenvalue weighted by Crippen LogP contribution is 2.22. The van der Waals surface area contributed by atoms with Crippen molar-refractivity contribution in [3.63, 3.8) is 0 Å². The van der Waals surface area contributed by atoms with Crippen molar-refractivity contribution in [1.29, 1.82) is 0 Å². The summed E-state index contributed by atoms with van der Waals surface area (Å²) in [6, 6.07) is 10.6. The highest BCUT2D eigenvalue weighted by molar-refractivity contribution is 5.58. The average Bonchev–Trinajstić information content (AvgIpc) is 2.47. The Bertz CT molecular complexity index is 559. The molecule has 0 fully saturated rings. The number of hydrogen-bond acceptors (Lipinski definition) is 3. The van der Waals surface area contributed by atoms with Gasteiger partial charge in [-0.2, -0.15) is 0 Å². The fourth-order valence-corrected chi connectivity index (χ4v) is 2.16. The van der Waals surface area contributed by atoms with E-state index >= 15 is 0 Å². The smallest absolute Gasteiger partial charge is 0.161 e. The van der Waals surface area contributed by atoms with Crippen LogP contribution < -0.4 is 5.32 Å². The molecule has 3 heteroatoms. The van der Waals surface area contributed by atoms with Crippen LogP contribution in [0.3, 0.4) is 0 Å². The lowest BCUT2D eigenvalue weighted by Gasteiger charge is -2.09. The SMILES string of the molecule is CCCc1cc(NC)nc(-c2ccc(C(C)C)cc2)n1. The number of nitrogens with zero attached hydrogens (tertiary/aromatic N) is 2. The second kappa shape index (κ2) is 6.51. The molecular formula is C17H23N3. The van der Waals surface area contributed by atoms with E-state index in [0.717, 1.165) is 35.7 Å². The largest absolute Gasteiger partial charge is 0.373 e. The second-order valence-corrected chi connectivity index (χ2v) is 5.34. The van der Waals surface area contributed by atoms with Crippen LogP contribution in [-0.2, 0) is 6.42 Å². The molecule has 1 heterocycles. The maximum absolute atomic E-state index is 4.66. The number of aromatic nitrogens is 2. The van der Waals surface area contributed by atoms with Crippen LogP contribution in [0.15, 0.2) is 30.3 Å². The molecule has 1 N–H and O–H groups in total. The van der Waals surface area contributed by atoms with Gasteiger partial charge >= 0.3 is 0 Å². The van der Waals surface area contributed by atoms with Crippen LogP contribution in [0.25, 0.3) is 11.4 Å². The van der Waals surface area contributed by atoms with Crippen molar-refractivity contribution in [1.82, 2.24) is 9.97 Å². The van der Waals surface area contributed by atoms with E-state index < -0.39 is 0 Å². The van der Waals surface area contributed by atoms with Gasteiger partial charge in [0, 0.05) is 24.4 Å². The van der Waals surface area contributed by atoms with Crippen molar-refractivity contribution in [2.24, 2.45) is 0 Å². The Labute approximate surface area is 121 Å². The molecule has 0 spiro atoms. The molecule has 0 aliphatic heterocycles. The van der Waals surface area contributed by atoms with E-state index in [-0.39, 0.29) is 0 Å². The number of aryl methyl sites for hydroxylation is 1.